The highest BCUT2D eigenvalue weighted by molar-refractivity contribution is 6.31. The molecule has 0 saturated heterocycles. The predicted octanol–water partition coefficient (Wildman–Crippen LogP) is 2.94. The van der Waals surface area contributed by atoms with Crippen LogP contribution in [-0.4, -0.2) is 16.3 Å². The normalized spacial score (nSPS) is 28.6. The molecular formula is C14H24ClN3. The second kappa shape index (κ2) is 5.62. The lowest BCUT2D eigenvalue weighted by Crippen LogP contribution is -2.31. The Morgan fingerprint density at radius 2 is 2.11 bits per heavy atom. The van der Waals surface area contributed by atoms with Crippen LogP contribution >= 0.6 is 11.6 Å². The van der Waals surface area contributed by atoms with Crippen molar-refractivity contribution in [2.45, 2.75) is 39.5 Å². The van der Waals surface area contributed by atoms with Gasteiger partial charge in [0.05, 0.1) is 16.4 Å². The molecule has 1 saturated carbocycles. The predicted molar refractivity (Wildman–Crippen MR) is 75.7 cm³/mol. The van der Waals surface area contributed by atoms with Gasteiger partial charge in [-0.3, -0.25) is 4.68 Å². The number of nitrogens with zero attached hydrogens (tertiary/aromatic N) is 2. The van der Waals surface area contributed by atoms with Crippen LogP contribution in [0, 0.1) is 24.7 Å². The summed E-state index contributed by atoms with van der Waals surface area (Å²) in [5.41, 5.74) is 8.02. The van der Waals surface area contributed by atoms with Crippen LogP contribution in [0.2, 0.25) is 5.02 Å². The van der Waals surface area contributed by atoms with Crippen LogP contribution in [0.25, 0.3) is 0 Å². The Balaban J connectivity index is 2.15. The fourth-order valence-corrected chi connectivity index (χ4v) is 3.51. The van der Waals surface area contributed by atoms with Crippen LogP contribution in [-0.2, 0) is 13.5 Å². The van der Waals surface area contributed by atoms with Crippen LogP contribution in [0.15, 0.2) is 0 Å². The van der Waals surface area contributed by atoms with E-state index in [-0.39, 0.29) is 0 Å². The highest BCUT2D eigenvalue weighted by Crippen LogP contribution is 2.36. The molecule has 0 aliphatic heterocycles. The van der Waals surface area contributed by atoms with Gasteiger partial charge in [0.2, 0.25) is 0 Å². The molecule has 3 unspecified atom stereocenters. The number of rotatable bonds is 3. The molecule has 3 nitrogen and oxygen atoms in total. The summed E-state index contributed by atoms with van der Waals surface area (Å²) in [5, 5.41) is 5.24. The molecule has 2 N–H and O–H groups in total. The fourth-order valence-electron chi connectivity index (χ4n) is 3.27. The van der Waals surface area contributed by atoms with Gasteiger partial charge in [-0.2, -0.15) is 5.10 Å². The minimum atomic E-state index is 0.646. The summed E-state index contributed by atoms with van der Waals surface area (Å²) in [4.78, 5) is 0. The second-order valence-electron chi connectivity index (χ2n) is 5.85. The first-order valence-corrected chi connectivity index (χ1v) is 7.28. The molecule has 1 aromatic rings. The minimum Gasteiger partial charge on any atom is -0.330 e. The van der Waals surface area contributed by atoms with E-state index in [1.807, 2.05) is 18.7 Å². The van der Waals surface area contributed by atoms with Crippen LogP contribution in [0.4, 0.5) is 0 Å². The third kappa shape index (κ3) is 2.72. The molecule has 102 valence electrons. The summed E-state index contributed by atoms with van der Waals surface area (Å²) in [6.07, 6.45) is 4.86. The van der Waals surface area contributed by atoms with Gasteiger partial charge in [0.25, 0.3) is 0 Å². The van der Waals surface area contributed by atoms with Crippen molar-refractivity contribution in [3.63, 3.8) is 0 Å². The molecule has 1 aliphatic carbocycles. The van der Waals surface area contributed by atoms with E-state index in [1.54, 1.807) is 0 Å². The van der Waals surface area contributed by atoms with Crippen LogP contribution in [0.3, 0.4) is 0 Å². The zero-order valence-corrected chi connectivity index (χ0v) is 12.4. The van der Waals surface area contributed by atoms with Gasteiger partial charge in [-0.1, -0.05) is 24.9 Å². The van der Waals surface area contributed by atoms with Crippen LogP contribution in [0.1, 0.15) is 37.6 Å². The van der Waals surface area contributed by atoms with E-state index < -0.39 is 0 Å². The molecule has 0 spiro atoms. The maximum Gasteiger partial charge on any atom is 0.0847 e. The van der Waals surface area contributed by atoms with E-state index in [2.05, 4.69) is 12.0 Å². The van der Waals surface area contributed by atoms with E-state index in [1.165, 1.54) is 25.0 Å². The van der Waals surface area contributed by atoms with Crippen molar-refractivity contribution < 1.29 is 0 Å². The lowest BCUT2D eigenvalue weighted by Gasteiger charge is -2.34. The summed E-state index contributed by atoms with van der Waals surface area (Å²) in [6, 6.07) is 0. The van der Waals surface area contributed by atoms with Crippen molar-refractivity contribution in [1.29, 1.82) is 0 Å². The number of aryl methyl sites for hydroxylation is 2. The van der Waals surface area contributed by atoms with E-state index in [0.717, 1.165) is 29.6 Å². The van der Waals surface area contributed by atoms with Gasteiger partial charge in [-0.05, 0) is 50.5 Å². The summed E-state index contributed by atoms with van der Waals surface area (Å²) in [7, 11) is 1.98. The van der Waals surface area contributed by atoms with Gasteiger partial charge < -0.3 is 5.73 Å². The first kappa shape index (κ1) is 13.9. The number of halogens is 1. The maximum absolute atomic E-state index is 6.35. The fraction of sp³-hybridized carbons (Fsp3) is 0.786. The number of aromatic nitrogens is 2. The largest absolute Gasteiger partial charge is 0.330 e. The standard InChI is InChI=1S/C14H24ClN3/c1-9-4-5-11(8-16)12(6-9)7-13-14(15)10(2)17-18(13)3/h9,11-12H,4-8,16H2,1-3H3. The first-order valence-electron chi connectivity index (χ1n) is 6.91. The van der Waals surface area contributed by atoms with Crippen molar-refractivity contribution in [1.82, 2.24) is 9.78 Å². The lowest BCUT2D eigenvalue weighted by atomic mass is 9.73. The Labute approximate surface area is 115 Å². The zero-order valence-electron chi connectivity index (χ0n) is 11.6. The Hall–Kier alpha value is -0.540. The van der Waals surface area contributed by atoms with Gasteiger partial charge in [-0.25, -0.2) is 0 Å². The molecule has 0 aromatic carbocycles. The molecule has 1 fully saturated rings. The Bertz CT molecular complexity index is 413. The quantitative estimate of drug-likeness (QED) is 0.917. The lowest BCUT2D eigenvalue weighted by molar-refractivity contribution is 0.191. The van der Waals surface area contributed by atoms with Crippen molar-refractivity contribution in [3.8, 4) is 0 Å². The SMILES string of the molecule is Cc1nn(C)c(CC2CC(C)CCC2CN)c1Cl. The average molecular weight is 270 g/mol. The van der Waals surface area contributed by atoms with Crippen molar-refractivity contribution in [2.24, 2.45) is 30.5 Å². The molecule has 2 rings (SSSR count). The Morgan fingerprint density at radius 1 is 1.39 bits per heavy atom. The molecule has 1 heterocycles. The molecule has 1 aliphatic rings. The zero-order chi connectivity index (χ0) is 13.3. The number of hydrogen-bond donors (Lipinski definition) is 1. The summed E-state index contributed by atoms with van der Waals surface area (Å²) in [6.45, 7) is 5.11. The van der Waals surface area contributed by atoms with Gasteiger partial charge in [-0.15, -0.1) is 0 Å². The van der Waals surface area contributed by atoms with Crippen molar-refractivity contribution in [2.75, 3.05) is 6.54 Å². The molecular weight excluding hydrogens is 246 g/mol. The highest BCUT2D eigenvalue weighted by atomic mass is 35.5. The van der Waals surface area contributed by atoms with Crippen LogP contribution in [0.5, 0.6) is 0 Å². The second-order valence-corrected chi connectivity index (χ2v) is 6.23. The van der Waals surface area contributed by atoms with E-state index in [9.17, 15) is 0 Å². The Morgan fingerprint density at radius 3 is 2.67 bits per heavy atom. The topological polar surface area (TPSA) is 43.8 Å². The van der Waals surface area contributed by atoms with Crippen LogP contribution < -0.4 is 5.73 Å². The Kier molecular flexibility index (Phi) is 4.33. The van der Waals surface area contributed by atoms with Gasteiger partial charge in [0.1, 0.15) is 0 Å². The van der Waals surface area contributed by atoms with E-state index >= 15 is 0 Å². The summed E-state index contributed by atoms with van der Waals surface area (Å²) < 4.78 is 1.94. The highest BCUT2D eigenvalue weighted by Gasteiger charge is 2.29. The average Bonchev–Trinajstić information content (AvgIpc) is 2.56. The third-order valence-electron chi connectivity index (χ3n) is 4.42. The minimum absolute atomic E-state index is 0.646. The van der Waals surface area contributed by atoms with Gasteiger partial charge in [0.15, 0.2) is 0 Å². The summed E-state index contributed by atoms with van der Waals surface area (Å²) >= 11 is 6.35. The third-order valence-corrected chi connectivity index (χ3v) is 4.91. The van der Waals surface area contributed by atoms with Gasteiger partial charge >= 0.3 is 0 Å². The van der Waals surface area contributed by atoms with Crippen molar-refractivity contribution in [3.05, 3.63) is 16.4 Å². The molecule has 1 aromatic heterocycles. The molecule has 0 amide bonds. The monoisotopic (exact) mass is 269 g/mol. The molecule has 18 heavy (non-hydrogen) atoms. The first-order chi connectivity index (χ1) is 8.52. The van der Waals surface area contributed by atoms with E-state index in [0.29, 0.717) is 11.8 Å². The van der Waals surface area contributed by atoms with Crippen molar-refractivity contribution >= 4 is 11.6 Å². The molecule has 4 heteroatoms. The molecule has 0 bridgehead atoms. The molecule has 3 atom stereocenters. The van der Waals surface area contributed by atoms with Gasteiger partial charge in [0, 0.05) is 7.05 Å². The molecule has 0 radical (unpaired) electrons. The number of hydrogen-bond acceptors (Lipinski definition) is 2. The van der Waals surface area contributed by atoms with E-state index in [4.69, 9.17) is 17.3 Å². The number of nitrogens with two attached hydrogens (primary N) is 1. The smallest absolute Gasteiger partial charge is 0.0847 e. The maximum atomic E-state index is 6.35. The summed E-state index contributed by atoms with van der Waals surface area (Å²) in [5.74, 6) is 2.12.